The van der Waals surface area contributed by atoms with Crippen LogP contribution in [0.2, 0.25) is 0 Å². The number of hydrogen-bond acceptors (Lipinski definition) is 5. The molecule has 0 radical (unpaired) electrons. The molecule has 7 heteroatoms. The Hall–Kier alpha value is -1.47. The van der Waals surface area contributed by atoms with E-state index in [1.165, 1.54) is 4.88 Å². The van der Waals surface area contributed by atoms with E-state index in [4.69, 9.17) is 0 Å². The molecule has 19 heavy (non-hydrogen) atoms. The second kappa shape index (κ2) is 6.12. The van der Waals surface area contributed by atoms with Gasteiger partial charge in [-0.25, -0.2) is 4.98 Å². The van der Waals surface area contributed by atoms with E-state index in [1.807, 2.05) is 13.8 Å². The second-order valence-corrected chi connectivity index (χ2v) is 5.83. The standard InChI is InChI=1S/C12H18N4O2S/c1-7-8(2)19-11(15-7)3-4-14-12(18)9-5-13-6-10(17)16-9/h9,13H,3-6H2,1-2H3,(H,14,18)(H,16,17)/t9-/m1/s1. The van der Waals surface area contributed by atoms with E-state index in [0.29, 0.717) is 13.1 Å². The minimum Gasteiger partial charge on any atom is -0.354 e. The number of carbonyl (C=O) groups is 2. The van der Waals surface area contributed by atoms with Gasteiger partial charge >= 0.3 is 0 Å². The summed E-state index contributed by atoms with van der Waals surface area (Å²) in [5.41, 5.74) is 1.05. The molecule has 6 nitrogen and oxygen atoms in total. The van der Waals surface area contributed by atoms with Crippen molar-refractivity contribution in [1.82, 2.24) is 20.9 Å². The van der Waals surface area contributed by atoms with Gasteiger partial charge in [0.05, 0.1) is 17.2 Å². The molecule has 0 aliphatic carbocycles. The third-order valence-corrected chi connectivity index (χ3v) is 4.13. The number of carbonyl (C=O) groups excluding carboxylic acids is 2. The van der Waals surface area contributed by atoms with Crippen molar-refractivity contribution in [2.45, 2.75) is 26.3 Å². The molecule has 3 N–H and O–H groups in total. The highest BCUT2D eigenvalue weighted by atomic mass is 32.1. The molecule has 1 atom stereocenters. The molecule has 0 bridgehead atoms. The molecule has 2 heterocycles. The normalized spacial score (nSPS) is 19.1. The average Bonchev–Trinajstić information content (AvgIpc) is 2.68. The molecule has 1 fully saturated rings. The lowest BCUT2D eigenvalue weighted by Crippen LogP contribution is -2.58. The predicted octanol–water partition coefficient (Wildman–Crippen LogP) is -0.493. The first-order valence-corrected chi connectivity index (χ1v) is 7.08. The number of hydrogen-bond donors (Lipinski definition) is 3. The minimum absolute atomic E-state index is 0.141. The second-order valence-electron chi connectivity index (χ2n) is 4.54. The molecule has 1 aromatic rings. The number of aromatic nitrogens is 1. The molecule has 0 aromatic carbocycles. The monoisotopic (exact) mass is 282 g/mol. The zero-order valence-electron chi connectivity index (χ0n) is 11.1. The van der Waals surface area contributed by atoms with Gasteiger partial charge in [-0.2, -0.15) is 0 Å². The third kappa shape index (κ3) is 3.74. The van der Waals surface area contributed by atoms with Gasteiger partial charge in [0, 0.05) is 24.4 Å². The fourth-order valence-corrected chi connectivity index (χ4v) is 2.78. The summed E-state index contributed by atoms with van der Waals surface area (Å²) in [5.74, 6) is -0.289. The van der Waals surface area contributed by atoms with Crippen LogP contribution in [0.5, 0.6) is 0 Å². The number of nitrogens with one attached hydrogen (secondary N) is 3. The first-order valence-electron chi connectivity index (χ1n) is 6.27. The van der Waals surface area contributed by atoms with Crippen molar-refractivity contribution < 1.29 is 9.59 Å². The van der Waals surface area contributed by atoms with Crippen molar-refractivity contribution in [2.75, 3.05) is 19.6 Å². The fourth-order valence-electron chi connectivity index (χ4n) is 1.85. The van der Waals surface area contributed by atoms with Crippen molar-refractivity contribution in [2.24, 2.45) is 0 Å². The van der Waals surface area contributed by atoms with E-state index in [2.05, 4.69) is 20.9 Å². The van der Waals surface area contributed by atoms with Crippen molar-refractivity contribution in [3.05, 3.63) is 15.6 Å². The molecule has 1 aliphatic rings. The zero-order valence-corrected chi connectivity index (χ0v) is 11.9. The Balaban J connectivity index is 1.76. The van der Waals surface area contributed by atoms with E-state index in [1.54, 1.807) is 11.3 Å². The third-order valence-electron chi connectivity index (χ3n) is 3.00. The van der Waals surface area contributed by atoms with Crippen LogP contribution >= 0.6 is 11.3 Å². The van der Waals surface area contributed by atoms with Crippen LogP contribution in [0.25, 0.3) is 0 Å². The molecule has 1 saturated heterocycles. The van der Waals surface area contributed by atoms with Crippen molar-refractivity contribution in [3.8, 4) is 0 Å². The Morgan fingerprint density at radius 1 is 1.53 bits per heavy atom. The summed E-state index contributed by atoms with van der Waals surface area (Å²) in [6, 6.07) is -0.471. The number of aryl methyl sites for hydroxylation is 2. The number of rotatable bonds is 4. The van der Waals surface area contributed by atoms with Crippen LogP contribution in [0.3, 0.4) is 0 Å². The van der Waals surface area contributed by atoms with E-state index >= 15 is 0 Å². The van der Waals surface area contributed by atoms with Crippen LogP contribution in [0, 0.1) is 13.8 Å². The van der Waals surface area contributed by atoms with Gasteiger partial charge in [0.1, 0.15) is 6.04 Å². The smallest absolute Gasteiger partial charge is 0.243 e. The zero-order chi connectivity index (χ0) is 13.8. The lowest BCUT2D eigenvalue weighted by Gasteiger charge is -2.23. The van der Waals surface area contributed by atoms with Crippen LogP contribution < -0.4 is 16.0 Å². The molecule has 104 valence electrons. The van der Waals surface area contributed by atoms with Crippen molar-refractivity contribution in [3.63, 3.8) is 0 Å². The summed E-state index contributed by atoms with van der Waals surface area (Å²) in [6.07, 6.45) is 0.721. The van der Waals surface area contributed by atoms with Gasteiger partial charge in [-0.15, -0.1) is 11.3 Å². The Morgan fingerprint density at radius 3 is 2.95 bits per heavy atom. The summed E-state index contributed by atoms with van der Waals surface area (Å²) in [7, 11) is 0. The van der Waals surface area contributed by atoms with E-state index in [9.17, 15) is 9.59 Å². The Bertz CT molecular complexity index is 467. The van der Waals surface area contributed by atoms with E-state index in [0.717, 1.165) is 17.1 Å². The van der Waals surface area contributed by atoms with Gasteiger partial charge in [0.15, 0.2) is 0 Å². The number of nitrogens with zero attached hydrogens (tertiary/aromatic N) is 1. The Morgan fingerprint density at radius 2 is 2.32 bits per heavy atom. The molecule has 0 spiro atoms. The Labute approximate surface area is 116 Å². The van der Waals surface area contributed by atoms with E-state index < -0.39 is 6.04 Å². The van der Waals surface area contributed by atoms with Gasteiger partial charge < -0.3 is 16.0 Å². The number of piperazine rings is 1. The van der Waals surface area contributed by atoms with Gasteiger partial charge in [0.2, 0.25) is 11.8 Å². The molecule has 2 amide bonds. The van der Waals surface area contributed by atoms with Gasteiger partial charge in [-0.05, 0) is 13.8 Å². The summed E-state index contributed by atoms with van der Waals surface area (Å²) < 4.78 is 0. The average molecular weight is 282 g/mol. The SMILES string of the molecule is Cc1nc(CCNC(=O)[C@H]2CNCC(=O)N2)sc1C. The first-order chi connectivity index (χ1) is 9.06. The molecule has 0 unspecified atom stereocenters. The highest BCUT2D eigenvalue weighted by Gasteiger charge is 2.23. The molecular weight excluding hydrogens is 264 g/mol. The largest absolute Gasteiger partial charge is 0.354 e. The van der Waals surface area contributed by atoms with Crippen LogP contribution in [-0.4, -0.2) is 42.5 Å². The Kier molecular flexibility index (Phi) is 4.49. The van der Waals surface area contributed by atoms with Gasteiger partial charge in [-0.1, -0.05) is 0 Å². The quantitative estimate of drug-likeness (QED) is 0.696. The van der Waals surface area contributed by atoms with Gasteiger partial charge in [-0.3, -0.25) is 9.59 Å². The van der Waals surface area contributed by atoms with E-state index in [-0.39, 0.29) is 18.4 Å². The highest BCUT2D eigenvalue weighted by molar-refractivity contribution is 7.11. The summed E-state index contributed by atoms with van der Waals surface area (Å²) >= 11 is 1.66. The maximum absolute atomic E-state index is 11.8. The summed E-state index contributed by atoms with van der Waals surface area (Å²) in [5, 5.41) is 9.40. The molecule has 1 aromatic heterocycles. The lowest BCUT2D eigenvalue weighted by molar-refractivity contribution is -0.130. The van der Waals surface area contributed by atoms with Crippen LogP contribution in [-0.2, 0) is 16.0 Å². The molecular formula is C12H18N4O2S. The number of thiazole rings is 1. The van der Waals surface area contributed by atoms with Crippen molar-refractivity contribution >= 4 is 23.2 Å². The van der Waals surface area contributed by atoms with Gasteiger partial charge in [0.25, 0.3) is 0 Å². The highest BCUT2D eigenvalue weighted by Crippen LogP contribution is 2.16. The summed E-state index contributed by atoms with van der Waals surface area (Å²) in [6.45, 7) is 5.32. The maximum atomic E-state index is 11.8. The molecule has 1 aliphatic heterocycles. The van der Waals surface area contributed by atoms with Crippen LogP contribution in [0.1, 0.15) is 15.6 Å². The minimum atomic E-state index is -0.471. The van der Waals surface area contributed by atoms with Crippen molar-refractivity contribution in [1.29, 1.82) is 0 Å². The number of amides is 2. The van der Waals surface area contributed by atoms with Crippen LogP contribution in [0.4, 0.5) is 0 Å². The maximum Gasteiger partial charge on any atom is 0.243 e. The predicted molar refractivity (Wildman–Crippen MR) is 73.1 cm³/mol. The molecule has 2 rings (SSSR count). The van der Waals surface area contributed by atoms with Crippen LogP contribution in [0.15, 0.2) is 0 Å². The first kappa shape index (κ1) is 14.0. The lowest BCUT2D eigenvalue weighted by atomic mass is 10.2. The fraction of sp³-hybridized carbons (Fsp3) is 0.583. The molecule has 0 saturated carbocycles. The summed E-state index contributed by atoms with van der Waals surface area (Å²) in [4.78, 5) is 28.6. The topological polar surface area (TPSA) is 83.1 Å².